The van der Waals surface area contributed by atoms with Gasteiger partial charge in [0.05, 0.1) is 18.0 Å². The van der Waals surface area contributed by atoms with Gasteiger partial charge in [-0.25, -0.2) is 0 Å². The van der Waals surface area contributed by atoms with Gasteiger partial charge in [-0.15, -0.1) is 0 Å². The molecule has 2 aromatic heterocycles. The number of amides is 1. The number of nitrogens with two attached hydrogens (primary N) is 1. The summed E-state index contributed by atoms with van der Waals surface area (Å²) in [6, 6.07) is 42.1. The number of aliphatic carboxylic acids is 1. The number of carboxylic acids is 1. The van der Waals surface area contributed by atoms with Gasteiger partial charge in [0.25, 0.3) is 0 Å². The number of rotatable bonds is 15. The molecule has 340 valence electrons. The molecule has 0 spiro atoms. The predicted octanol–water partition coefficient (Wildman–Crippen LogP) is 9.38. The van der Waals surface area contributed by atoms with E-state index in [-0.39, 0.29) is 29.8 Å². The molecule has 4 N–H and O–H groups in total. The molecule has 2 unspecified atom stereocenters. The van der Waals surface area contributed by atoms with Crippen LogP contribution in [0.3, 0.4) is 0 Å². The van der Waals surface area contributed by atoms with Crippen molar-refractivity contribution in [3.63, 3.8) is 0 Å². The highest BCUT2D eigenvalue weighted by atomic mass is 35.5. The number of aromatic nitrogens is 2. The van der Waals surface area contributed by atoms with E-state index in [1.54, 1.807) is 24.8 Å². The summed E-state index contributed by atoms with van der Waals surface area (Å²) in [6.07, 6.45) is 10.2. The lowest BCUT2D eigenvalue weighted by Gasteiger charge is -2.32. The molecule has 6 aromatic rings. The predicted molar refractivity (Wildman–Crippen MR) is 257 cm³/mol. The number of hydrogen-bond acceptors (Lipinski definition) is 9. The Morgan fingerprint density at radius 3 is 1.49 bits per heavy atom. The zero-order valence-electron chi connectivity index (χ0n) is 36.5. The number of halogens is 2. The van der Waals surface area contributed by atoms with Crippen LogP contribution in [0.4, 0.5) is 0 Å². The minimum Gasteiger partial charge on any atom is -0.492 e. The molecule has 2 aliphatic rings. The van der Waals surface area contributed by atoms with Crippen LogP contribution in [0.15, 0.2) is 158 Å². The van der Waals surface area contributed by atoms with E-state index >= 15 is 0 Å². The normalized spacial score (nSPS) is 15.5. The molecule has 0 aliphatic carbocycles. The van der Waals surface area contributed by atoms with Gasteiger partial charge in [0, 0.05) is 53.8 Å². The van der Waals surface area contributed by atoms with Crippen LogP contribution >= 0.6 is 23.2 Å². The summed E-state index contributed by atoms with van der Waals surface area (Å²) in [5.74, 6) is 1.07. The highest BCUT2D eigenvalue weighted by Crippen LogP contribution is 2.26. The lowest BCUT2D eigenvalue weighted by Crippen LogP contribution is -2.42. The molecule has 1 amide bonds. The lowest BCUT2D eigenvalue weighted by molar-refractivity contribution is -0.143. The summed E-state index contributed by atoms with van der Waals surface area (Å²) in [5, 5.41) is 13.6. The second-order valence-electron chi connectivity index (χ2n) is 16.0. The Kier molecular flexibility index (Phi) is 19.6. The van der Waals surface area contributed by atoms with Gasteiger partial charge >= 0.3 is 5.97 Å². The summed E-state index contributed by atoms with van der Waals surface area (Å²) in [6.45, 7) is 6.55. The summed E-state index contributed by atoms with van der Waals surface area (Å²) < 4.78 is 11.4. The number of nitrogens with zero attached hydrogens (tertiary/aromatic N) is 4. The van der Waals surface area contributed by atoms with Crippen LogP contribution in [-0.4, -0.2) is 89.2 Å². The number of benzene rings is 4. The highest BCUT2D eigenvalue weighted by Gasteiger charge is 2.28. The molecule has 4 heterocycles. The molecule has 2 atom stereocenters. The second kappa shape index (κ2) is 26.2. The molecule has 0 radical (unpaired) electrons. The number of carbonyl (C=O) groups excluding carboxylic acids is 1. The van der Waals surface area contributed by atoms with Crippen molar-refractivity contribution in [2.45, 2.75) is 37.8 Å². The SMILES string of the molecule is NC(c1ccc(Cl)cc1)c1cccnc1.O=C(NC(c1ccc(Cl)cc1)c1cccnc1)C1CCN(CCOc2ccccc2)CC1.O=C(O)C1CCN(CCOc2ccccc2)CC1. The minimum atomic E-state index is -0.657. The molecule has 2 aliphatic heterocycles. The number of ether oxygens (including phenoxy) is 2. The standard InChI is InChI=1S/C26H28ClN3O2.C14H19NO3.C12H11ClN2/c27-23-10-8-20(9-11-23)25(22-5-4-14-28-19-22)29-26(31)21-12-15-30(16-13-21)17-18-32-24-6-2-1-3-7-24;16-14(17)12-6-8-15(9-7-12)10-11-18-13-4-2-1-3-5-13;13-11-5-3-9(4-6-11)12(14)10-2-1-7-15-8-10/h1-11,14,19,21,25H,12-13,15-18H2,(H,29,31);1-5,12H,6-11H2,(H,16,17);1-8,12H,14H2. The number of carbonyl (C=O) groups is 2. The van der Waals surface area contributed by atoms with Gasteiger partial charge in [0.2, 0.25) is 5.91 Å². The van der Waals surface area contributed by atoms with Crippen molar-refractivity contribution < 1.29 is 24.2 Å². The van der Waals surface area contributed by atoms with Gasteiger partial charge < -0.3 is 25.6 Å². The number of likely N-dealkylation sites (tertiary alicyclic amines) is 2. The fraction of sp³-hybridized carbons (Fsp3) is 0.308. The van der Waals surface area contributed by atoms with Crippen LogP contribution in [0.2, 0.25) is 10.0 Å². The van der Waals surface area contributed by atoms with Gasteiger partial charge in [0.1, 0.15) is 24.7 Å². The molecule has 13 heteroatoms. The number of pyridine rings is 2. The monoisotopic (exact) mass is 916 g/mol. The van der Waals surface area contributed by atoms with Gasteiger partial charge in [-0.3, -0.25) is 29.4 Å². The van der Waals surface area contributed by atoms with Crippen molar-refractivity contribution in [3.05, 3.63) is 191 Å². The fourth-order valence-corrected chi connectivity index (χ4v) is 7.94. The quantitative estimate of drug-likeness (QED) is 0.0912. The third kappa shape index (κ3) is 16.3. The average molecular weight is 918 g/mol. The zero-order valence-corrected chi connectivity index (χ0v) is 38.0. The van der Waals surface area contributed by atoms with E-state index in [4.69, 9.17) is 43.5 Å². The maximum Gasteiger partial charge on any atom is 0.306 e. The molecule has 4 aromatic carbocycles. The van der Waals surface area contributed by atoms with E-state index in [2.05, 4.69) is 25.1 Å². The van der Waals surface area contributed by atoms with Crippen LogP contribution in [0, 0.1) is 11.8 Å². The largest absolute Gasteiger partial charge is 0.492 e. The second-order valence-corrected chi connectivity index (χ2v) is 16.9. The molecular formula is C52H58Cl2N6O5. The number of piperidine rings is 2. The van der Waals surface area contributed by atoms with Crippen LogP contribution in [-0.2, 0) is 9.59 Å². The third-order valence-corrected chi connectivity index (χ3v) is 12.0. The lowest BCUT2D eigenvalue weighted by atomic mass is 9.94. The number of carboxylic acid groups (broad SMARTS) is 1. The van der Waals surface area contributed by atoms with Crippen LogP contribution < -0.4 is 20.5 Å². The Labute approximate surface area is 392 Å². The summed E-state index contributed by atoms with van der Waals surface area (Å²) in [7, 11) is 0. The van der Waals surface area contributed by atoms with Crippen molar-refractivity contribution >= 4 is 35.1 Å². The van der Waals surface area contributed by atoms with Crippen molar-refractivity contribution in [2.24, 2.45) is 17.6 Å². The molecular weight excluding hydrogens is 860 g/mol. The highest BCUT2D eigenvalue weighted by molar-refractivity contribution is 6.30. The molecule has 0 saturated carbocycles. The topological polar surface area (TPSA) is 143 Å². The van der Waals surface area contributed by atoms with Crippen molar-refractivity contribution in [1.29, 1.82) is 0 Å². The summed E-state index contributed by atoms with van der Waals surface area (Å²) in [4.78, 5) is 36.9. The van der Waals surface area contributed by atoms with Crippen LogP contribution in [0.1, 0.15) is 60.0 Å². The van der Waals surface area contributed by atoms with Gasteiger partial charge in [-0.05, 0) is 135 Å². The van der Waals surface area contributed by atoms with Gasteiger partial charge in [-0.1, -0.05) is 96.0 Å². The van der Waals surface area contributed by atoms with Crippen molar-refractivity contribution in [3.8, 4) is 11.5 Å². The van der Waals surface area contributed by atoms with E-state index in [1.807, 2.05) is 133 Å². The first-order chi connectivity index (χ1) is 31.7. The van der Waals surface area contributed by atoms with Crippen LogP contribution in [0.25, 0.3) is 0 Å². The molecule has 65 heavy (non-hydrogen) atoms. The first-order valence-corrected chi connectivity index (χ1v) is 22.9. The maximum atomic E-state index is 13.1. The maximum absolute atomic E-state index is 13.1. The number of para-hydroxylation sites is 2. The fourth-order valence-electron chi connectivity index (χ4n) is 7.68. The smallest absolute Gasteiger partial charge is 0.306 e. The Morgan fingerprint density at radius 2 is 1.05 bits per heavy atom. The van der Waals surface area contributed by atoms with Crippen molar-refractivity contribution in [1.82, 2.24) is 25.1 Å². The Bertz CT molecular complexity index is 2270. The average Bonchev–Trinajstić information content (AvgIpc) is 3.35. The number of hydrogen-bond donors (Lipinski definition) is 3. The first kappa shape index (κ1) is 48.6. The molecule has 8 rings (SSSR count). The Hall–Kier alpha value is -5.82. The van der Waals surface area contributed by atoms with Crippen LogP contribution in [0.5, 0.6) is 11.5 Å². The van der Waals surface area contributed by atoms with E-state index in [0.717, 1.165) is 104 Å². The summed E-state index contributed by atoms with van der Waals surface area (Å²) in [5.41, 5.74) is 10.1. The number of nitrogens with one attached hydrogen (secondary N) is 1. The molecule has 11 nitrogen and oxygen atoms in total. The van der Waals surface area contributed by atoms with Gasteiger partial charge in [-0.2, -0.15) is 0 Å². The summed E-state index contributed by atoms with van der Waals surface area (Å²) >= 11 is 11.9. The van der Waals surface area contributed by atoms with Crippen molar-refractivity contribution in [2.75, 3.05) is 52.5 Å². The minimum absolute atomic E-state index is 0.00719. The first-order valence-electron chi connectivity index (χ1n) is 22.1. The zero-order chi connectivity index (χ0) is 45.6. The third-order valence-electron chi connectivity index (χ3n) is 11.5. The molecule has 2 saturated heterocycles. The molecule has 2 fully saturated rings. The van der Waals surface area contributed by atoms with E-state index in [1.165, 1.54) is 0 Å². The molecule has 0 bridgehead atoms. The van der Waals surface area contributed by atoms with E-state index in [0.29, 0.717) is 18.2 Å². The van der Waals surface area contributed by atoms with Gasteiger partial charge in [0.15, 0.2) is 0 Å². The van der Waals surface area contributed by atoms with E-state index < -0.39 is 5.97 Å². The Balaban J connectivity index is 0.000000178. The Morgan fingerprint density at radius 1 is 0.600 bits per heavy atom. The van der Waals surface area contributed by atoms with E-state index in [9.17, 15) is 9.59 Å².